The average molecular weight is 222 g/mol. The highest BCUT2D eigenvalue weighted by molar-refractivity contribution is 8.14. The molecule has 0 aromatic carbocycles. The summed E-state index contributed by atoms with van der Waals surface area (Å²) in [5.74, 6) is 1.42. The number of carbonyl (C=O) groups is 1. The van der Waals surface area contributed by atoms with Crippen molar-refractivity contribution in [3.8, 4) is 0 Å². The van der Waals surface area contributed by atoms with Crippen molar-refractivity contribution in [2.45, 2.75) is 0 Å². The lowest BCUT2D eigenvalue weighted by atomic mass is 10.4. The van der Waals surface area contributed by atoms with Crippen LogP contribution in [0.25, 0.3) is 6.08 Å². The third kappa shape index (κ3) is 2.99. The number of carbonyl (C=O) groups excluding carboxylic acids is 1. The zero-order valence-electron chi connectivity index (χ0n) is 7.97. The van der Waals surface area contributed by atoms with Crippen LogP contribution in [0.3, 0.4) is 0 Å². The van der Waals surface area contributed by atoms with Crippen molar-refractivity contribution in [3.63, 3.8) is 0 Å². The van der Waals surface area contributed by atoms with Crippen LogP contribution in [0, 0.1) is 0 Å². The molecule has 1 aromatic heterocycles. The van der Waals surface area contributed by atoms with Crippen molar-refractivity contribution < 1.29 is 9.21 Å². The van der Waals surface area contributed by atoms with E-state index in [1.807, 2.05) is 0 Å². The van der Waals surface area contributed by atoms with Crippen molar-refractivity contribution in [2.24, 2.45) is 4.99 Å². The minimum atomic E-state index is -0.181. The Morgan fingerprint density at radius 1 is 1.67 bits per heavy atom. The van der Waals surface area contributed by atoms with Gasteiger partial charge in [-0.15, -0.1) is 0 Å². The van der Waals surface area contributed by atoms with Gasteiger partial charge in [0.1, 0.15) is 5.76 Å². The van der Waals surface area contributed by atoms with E-state index in [2.05, 4.69) is 10.3 Å². The van der Waals surface area contributed by atoms with E-state index in [1.54, 1.807) is 36.2 Å². The summed E-state index contributed by atoms with van der Waals surface area (Å²) < 4.78 is 5.05. The summed E-state index contributed by atoms with van der Waals surface area (Å²) >= 11 is 1.55. The quantitative estimate of drug-likeness (QED) is 0.772. The van der Waals surface area contributed by atoms with Crippen LogP contribution in [0.2, 0.25) is 0 Å². The molecular formula is C10H10N2O2S. The smallest absolute Gasteiger partial charge is 0.250 e. The Balaban J connectivity index is 1.87. The molecule has 1 amide bonds. The van der Waals surface area contributed by atoms with Gasteiger partial charge in [0.25, 0.3) is 0 Å². The first-order chi connectivity index (χ1) is 7.34. The number of furan rings is 1. The number of nitrogens with one attached hydrogen (secondary N) is 1. The second kappa shape index (κ2) is 4.84. The van der Waals surface area contributed by atoms with E-state index in [0.717, 1.165) is 12.3 Å². The number of rotatable bonds is 2. The molecule has 5 heteroatoms. The molecule has 4 nitrogen and oxygen atoms in total. The van der Waals surface area contributed by atoms with E-state index in [9.17, 15) is 4.79 Å². The number of aliphatic imine (C=N–C) groups is 1. The van der Waals surface area contributed by atoms with Crippen molar-refractivity contribution in [1.29, 1.82) is 0 Å². The third-order valence-corrected chi connectivity index (χ3v) is 2.65. The van der Waals surface area contributed by atoms with Gasteiger partial charge in [-0.25, -0.2) is 0 Å². The number of amides is 1. The van der Waals surface area contributed by atoms with Crippen molar-refractivity contribution in [3.05, 3.63) is 30.2 Å². The second-order valence-corrected chi connectivity index (χ2v) is 3.96. The summed E-state index contributed by atoms with van der Waals surface area (Å²) in [5, 5.41) is 3.39. The maximum Gasteiger partial charge on any atom is 0.250 e. The van der Waals surface area contributed by atoms with Crippen LogP contribution in [0.1, 0.15) is 5.76 Å². The first-order valence-corrected chi connectivity index (χ1v) is 5.53. The Morgan fingerprint density at radius 3 is 3.27 bits per heavy atom. The molecule has 0 atom stereocenters. The maximum atomic E-state index is 11.4. The third-order valence-electron chi connectivity index (χ3n) is 1.76. The van der Waals surface area contributed by atoms with E-state index in [4.69, 9.17) is 4.42 Å². The van der Waals surface area contributed by atoms with Gasteiger partial charge >= 0.3 is 0 Å². The fourth-order valence-corrected chi connectivity index (χ4v) is 1.83. The minimum absolute atomic E-state index is 0.181. The fourth-order valence-electron chi connectivity index (χ4n) is 1.10. The fraction of sp³-hybridized carbons (Fsp3) is 0.200. The van der Waals surface area contributed by atoms with Crippen molar-refractivity contribution in [2.75, 3.05) is 12.3 Å². The highest BCUT2D eigenvalue weighted by Crippen LogP contribution is 2.08. The topological polar surface area (TPSA) is 54.6 Å². The number of nitrogens with zero attached hydrogens (tertiary/aromatic N) is 1. The second-order valence-electron chi connectivity index (χ2n) is 2.87. The normalized spacial score (nSPS) is 15.6. The molecule has 2 rings (SSSR count). The summed E-state index contributed by atoms with van der Waals surface area (Å²) in [5.41, 5.74) is 0. The maximum absolute atomic E-state index is 11.4. The Morgan fingerprint density at radius 2 is 2.60 bits per heavy atom. The predicted molar refractivity (Wildman–Crippen MR) is 60.6 cm³/mol. The molecule has 0 saturated carbocycles. The van der Waals surface area contributed by atoms with Gasteiger partial charge < -0.3 is 9.73 Å². The summed E-state index contributed by atoms with van der Waals surface area (Å²) in [4.78, 5) is 15.5. The van der Waals surface area contributed by atoms with Crippen LogP contribution in [-0.4, -0.2) is 23.4 Å². The zero-order valence-corrected chi connectivity index (χ0v) is 8.79. The van der Waals surface area contributed by atoms with Gasteiger partial charge in [-0.2, -0.15) is 0 Å². The van der Waals surface area contributed by atoms with Gasteiger partial charge in [0.05, 0.1) is 12.8 Å². The summed E-state index contributed by atoms with van der Waals surface area (Å²) in [6.45, 7) is 0.780. The molecule has 1 aliphatic rings. The first-order valence-electron chi connectivity index (χ1n) is 4.54. The number of amidine groups is 1. The van der Waals surface area contributed by atoms with Crippen LogP contribution >= 0.6 is 11.8 Å². The number of hydrogen-bond acceptors (Lipinski definition) is 4. The van der Waals surface area contributed by atoms with Gasteiger partial charge in [0.2, 0.25) is 5.91 Å². The molecular weight excluding hydrogens is 212 g/mol. The summed E-state index contributed by atoms with van der Waals surface area (Å²) in [7, 11) is 0. The van der Waals surface area contributed by atoms with E-state index >= 15 is 0 Å². The largest absolute Gasteiger partial charge is 0.465 e. The van der Waals surface area contributed by atoms with Crippen molar-refractivity contribution >= 4 is 28.9 Å². The Kier molecular flexibility index (Phi) is 3.24. The summed E-state index contributed by atoms with van der Waals surface area (Å²) in [6, 6.07) is 3.56. The van der Waals surface area contributed by atoms with Gasteiger partial charge in [-0.05, 0) is 18.2 Å². The predicted octanol–water partition coefficient (Wildman–Crippen LogP) is 1.51. The molecule has 0 aliphatic carbocycles. The molecule has 0 bridgehead atoms. The SMILES string of the molecule is O=C(/C=C/c1ccco1)NC1=NCCS1. The van der Waals surface area contributed by atoms with E-state index in [1.165, 1.54) is 6.08 Å². The monoisotopic (exact) mass is 222 g/mol. The molecule has 15 heavy (non-hydrogen) atoms. The molecule has 0 fully saturated rings. The van der Waals surface area contributed by atoms with Gasteiger partial charge in [-0.1, -0.05) is 11.8 Å². The minimum Gasteiger partial charge on any atom is -0.465 e. The molecule has 0 radical (unpaired) electrons. The van der Waals surface area contributed by atoms with Gasteiger partial charge in [-0.3, -0.25) is 9.79 Å². The molecule has 78 valence electrons. The molecule has 1 aromatic rings. The van der Waals surface area contributed by atoms with E-state index in [-0.39, 0.29) is 5.91 Å². The van der Waals surface area contributed by atoms with Crippen LogP contribution in [0.15, 0.2) is 33.9 Å². The molecule has 1 N–H and O–H groups in total. The van der Waals surface area contributed by atoms with Crippen LogP contribution < -0.4 is 5.32 Å². The van der Waals surface area contributed by atoms with Crippen LogP contribution in [-0.2, 0) is 4.79 Å². The lowest BCUT2D eigenvalue weighted by molar-refractivity contribution is -0.115. The molecule has 1 aliphatic heterocycles. The van der Waals surface area contributed by atoms with Crippen molar-refractivity contribution in [1.82, 2.24) is 5.32 Å². The first kappa shape index (κ1) is 10.0. The standard InChI is InChI=1S/C10H10N2O2S/c13-9(12-10-11-5-7-15-10)4-3-8-2-1-6-14-8/h1-4,6H,5,7H2,(H,11,12,13)/b4-3+. The lowest BCUT2D eigenvalue weighted by Crippen LogP contribution is -2.25. The Labute approximate surface area is 91.4 Å². The van der Waals surface area contributed by atoms with Gasteiger partial charge in [0.15, 0.2) is 5.17 Å². The van der Waals surface area contributed by atoms with Crippen LogP contribution in [0.4, 0.5) is 0 Å². The highest BCUT2D eigenvalue weighted by atomic mass is 32.2. The molecule has 0 spiro atoms. The zero-order chi connectivity index (χ0) is 10.5. The number of hydrogen-bond donors (Lipinski definition) is 1. The van der Waals surface area contributed by atoms with Gasteiger partial charge in [0, 0.05) is 11.8 Å². The average Bonchev–Trinajstić information content (AvgIpc) is 2.86. The highest BCUT2D eigenvalue weighted by Gasteiger charge is 2.08. The van der Waals surface area contributed by atoms with E-state index < -0.39 is 0 Å². The Hall–Kier alpha value is -1.49. The molecule has 2 heterocycles. The molecule has 0 unspecified atom stereocenters. The Bertz CT molecular complexity index is 396. The summed E-state index contributed by atoms with van der Waals surface area (Å²) in [6.07, 6.45) is 4.62. The van der Waals surface area contributed by atoms with Crippen LogP contribution in [0.5, 0.6) is 0 Å². The molecule has 0 saturated heterocycles. The van der Waals surface area contributed by atoms with E-state index in [0.29, 0.717) is 10.9 Å². The lowest BCUT2D eigenvalue weighted by Gasteiger charge is -1.97. The number of thioether (sulfide) groups is 1.